The number of aliphatic carboxylic acids is 1. The first-order valence-electron chi connectivity index (χ1n) is 14.8. The summed E-state index contributed by atoms with van der Waals surface area (Å²) in [6.45, 7) is 6.22. The van der Waals surface area contributed by atoms with Gasteiger partial charge in [-0.15, -0.1) is 0 Å². The van der Waals surface area contributed by atoms with Crippen LogP contribution in [0, 0.1) is 5.92 Å². The number of nitrogens with one attached hydrogen (secondary N) is 1. The molecule has 2 aliphatic rings. The molecule has 2 fully saturated rings. The number of carbonyl (C=O) groups is 2. The van der Waals surface area contributed by atoms with Crippen molar-refractivity contribution >= 4 is 23.5 Å². The van der Waals surface area contributed by atoms with E-state index in [-0.39, 0.29) is 49.9 Å². The van der Waals surface area contributed by atoms with Crippen LogP contribution in [0.3, 0.4) is 0 Å². The number of carbonyl (C=O) groups excluding carboxylic acids is 1. The molecule has 11 nitrogen and oxygen atoms in total. The lowest BCUT2D eigenvalue weighted by molar-refractivity contribution is -0.276. The van der Waals surface area contributed by atoms with Crippen LogP contribution in [0.15, 0.2) is 67.0 Å². The van der Waals surface area contributed by atoms with Gasteiger partial charge in [-0.2, -0.15) is 0 Å². The van der Waals surface area contributed by atoms with Crippen molar-refractivity contribution in [2.45, 2.75) is 51.3 Å². The third-order valence-electron chi connectivity index (χ3n) is 8.01. The third kappa shape index (κ3) is 8.14. The number of ether oxygens (including phenoxy) is 2. The van der Waals surface area contributed by atoms with E-state index in [1.807, 2.05) is 48.5 Å². The number of piperazine rings is 1. The summed E-state index contributed by atoms with van der Waals surface area (Å²) in [5.74, 6) is -0.364. The minimum Gasteiger partial charge on any atom is -0.481 e. The van der Waals surface area contributed by atoms with Crippen molar-refractivity contribution in [3.05, 3.63) is 83.7 Å². The Morgan fingerprint density at radius 3 is 2.40 bits per heavy atom. The average Bonchev–Trinajstić information content (AvgIpc) is 3.03. The monoisotopic (exact) mass is 589 g/mol. The normalized spacial score (nSPS) is 22.7. The number of carboxylic acid groups (broad SMARTS) is 1. The Bertz CT molecular complexity index is 1350. The van der Waals surface area contributed by atoms with Crippen LogP contribution in [0.1, 0.15) is 55.3 Å². The molecule has 3 heterocycles. The van der Waals surface area contributed by atoms with Crippen molar-refractivity contribution in [1.29, 1.82) is 0 Å². The lowest BCUT2D eigenvalue weighted by atomic mass is 9.90. The molecule has 5 rings (SSSR count). The molecule has 0 aliphatic carbocycles. The van der Waals surface area contributed by atoms with Gasteiger partial charge in [-0.3, -0.25) is 14.5 Å². The van der Waals surface area contributed by atoms with Gasteiger partial charge < -0.3 is 29.9 Å². The summed E-state index contributed by atoms with van der Waals surface area (Å²) >= 11 is 0. The van der Waals surface area contributed by atoms with E-state index in [0.717, 1.165) is 55.4 Å². The fourth-order valence-corrected chi connectivity index (χ4v) is 5.55. The quantitative estimate of drug-likeness (QED) is 0.303. The van der Waals surface area contributed by atoms with Crippen molar-refractivity contribution in [1.82, 2.24) is 14.9 Å². The van der Waals surface area contributed by atoms with Crippen LogP contribution < -0.4 is 10.2 Å². The van der Waals surface area contributed by atoms with Crippen LogP contribution in [0.4, 0.5) is 11.6 Å². The number of nitrogens with zero attached hydrogens (tertiary/aromatic N) is 4. The Morgan fingerprint density at radius 1 is 0.953 bits per heavy atom. The van der Waals surface area contributed by atoms with Gasteiger partial charge in [-0.25, -0.2) is 9.97 Å². The Morgan fingerprint density at radius 2 is 1.70 bits per heavy atom. The molecule has 3 aromatic rings. The zero-order valence-electron chi connectivity index (χ0n) is 24.3. The first-order chi connectivity index (χ1) is 20.9. The number of aliphatic hydroxyl groups excluding tert-OH is 1. The fourth-order valence-electron chi connectivity index (χ4n) is 5.55. The summed E-state index contributed by atoms with van der Waals surface area (Å²) in [4.78, 5) is 36.6. The zero-order chi connectivity index (χ0) is 30.2. The Balaban J connectivity index is 1.30. The van der Waals surface area contributed by atoms with Crippen LogP contribution in [0.25, 0.3) is 0 Å². The molecule has 2 aromatic carbocycles. The molecule has 0 saturated carbocycles. The number of hydrogen-bond donors (Lipinski definition) is 3. The van der Waals surface area contributed by atoms with Gasteiger partial charge in [0.2, 0.25) is 11.9 Å². The first kappa shape index (κ1) is 30.6. The summed E-state index contributed by atoms with van der Waals surface area (Å²) in [5, 5.41) is 21.2. The second-order valence-electron chi connectivity index (χ2n) is 11.1. The number of hydrogen-bond acceptors (Lipinski definition) is 9. The van der Waals surface area contributed by atoms with E-state index >= 15 is 0 Å². The number of aliphatic hydroxyl groups is 1. The highest BCUT2D eigenvalue weighted by molar-refractivity contribution is 5.90. The molecular formula is C32H39N5O6. The Kier molecular flexibility index (Phi) is 10.3. The highest BCUT2D eigenvalue weighted by atomic mass is 16.7. The number of aromatic nitrogens is 2. The van der Waals surface area contributed by atoms with Gasteiger partial charge in [0.1, 0.15) is 0 Å². The molecule has 1 amide bonds. The molecule has 2 saturated heterocycles. The number of carboxylic acids is 1. The van der Waals surface area contributed by atoms with E-state index in [2.05, 4.69) is 32.0 Å². The highest BCUT2D eigenvalue weighted by Crippen LogP contribution is 2.42. The summed E-state index contributed by atoms with van der Waals surface area (Å²) in [5.41, 5.74) is 3.23. The third-order valence-corrected chi connectivity index (χ3v) is 8.01. The van der Waals surface area contributed by atoms with Crippen LogP contribution in [0.2, 0.25) is 0 Å². The molecular weight excluding hydrogens is 550 g/mol. The largest absolute Gasteiger partial charge is 0.481 e. The Hall–Kier alpha value is -3.90. The first-order valence-corrected chi connectivity index (χ1v) is 14.8. The maximum absolute atomic E-state index is 12.4. The van der Waals surface area contributed by atoms with E-state index in [1.54, 1.807) is 18.5 Å². The van der Waals surface area contributed by atoms with E-state index < -0.39 is 12.3 Å². The molecule has 11 heteroatoms. The van der Waals surface area contributed by atoms with E-state index in [1.165, 1.54) is 0 Å². The lowest BCUT2D eigenvalue weighted by Gasteiger charge is -2.44. The number of amides is 1. The molecule has 0 spiro atoms. The lowest BCUT2D eigenvalue weighted by Crippen LogP contribution is -2.51. The topological polar surface area (TPSA) is 137 Å². The van der Waals surface area contributed by atoms with Crippen LogP contribution in [0.5, 0.6) is 0 Å². The molecule has 228 valence electrons. The maximum atomic E-state index is 12.4. The van der Waals surface area contributed by atoms with Crippen molar-refractivity contribution in [2.24, 2.45) is 5.92 Å². The average molecular weight is 590 g/mol. The highest BCUT2D eigenvalue weighted by Gasteiger charge is 2.39. The molecule has 1 aromatic heterocycles. The van der Waals surface area contributed by atoms with Crippen molar-refractivity contribution < 1.29 is 29.3 Å². The fraction of sp³-hybridized carbons (Fsp3) is 0.438. The van der Waals surface area contributed by atoms with Crippen LogP contribution in [-0.2, 0) is 25.7 Å². The summed E-state index contributed by atoms with van der Waals surface area (Å²) in [6.07, 6.45) is 2.85. The maximum Gasteiger partial charge on any atom is 0.303 e. The van der Waals surface area contributed by atoms with Gasteiger partial charge in [-0.1, -0.05) is 43.3 Å². The molecule has 0 radical (unpaired) electrons. The summed E-state index contributed by atoms with van der Waals surface area (Å²) < 4.78 is 13.2. The van der Waals surface area contributed by atoms with Gasteiger partial charge in [0.05, 0.1) is 18.8 Å². The van der Waals surface area contributed by atoms with Gasteiger partial charge in [0, 0.05) is 75.1 Å². The second kappa shape index (κ2) is 14.5. The molecule has 3 N–H and O–H groups in total. The standard InChI is InChI=1S/C32H39N5O6/c1-22-27(20-36-15-17-37(18-16-36)32-33-13-4-14-34-32)42-31(43-30(22)24-11-9-23(21-38)10-12-24)25-5-2-6-26(19-25)35-28(39)7-3-8-29(40)41/h2,4-6,9-14,19,22,27,30-31,38H,3,7-8,15-18,20-21H2,1H3,(H,35,39)(H,40,41)/t22-,27+,30+,31+/m1/s1. The predicted molar refractivity (Wildman–Crippen MR) is 160 cm³/mol. The van der Waals surface area contributed by atoms with Gasteiger partial charge in [0.15, 0.2) is 6.29 Å². The van der Waals surface area contributed by atoms with Crippen LogP contribution in [-0.4, -0.2) is 75.8 Å². The molecule has 0 unspecified atom stereocenters. The molecule has 43 heavy (non-hydrogen) atoms. The van der Waals surface area contributed by atoms with Gasteiger partial charge in [-0.05, 0) is 35.7 Å². The van der Waals surface area contributed by atoms with Gasteiger partial charge >= 0.3 is 5.97 Å². The number of benzene rings is 2. The van der Waals surface area contributed by atoms with Crippen molar-refractivity contribution in [2.75, 3.05) is 42.9 Å². The van der Waals surface area contributed by atoms with Crippen molar-refractivity contribution in [3.63, 3.8) is 0 Å². The van der Waals surface area contributed by atoms with E-state index in [9.17, 15) is 14.7 Å². The zero-order valence-corrected chi connectivity index (χ0v) is 24.3. The molecule has 2 aliphatic heterocycles. The number of rotatable bonds is 11. The van der Waals surface area contributed by atoms with E-state index in [0.29, 0.717) is 5.69 Å². The second-order valence-corrected chi connectivity index (χ2v) is 11.1. The van der Waals surface area contributed by atoms with Crippen LogP contribution >= 0.6 is 0 Å². The summed E-state index contributed by atoms with van der Waals surface area (Å²) in [7, 11) is 0. The SMILES string of the molecule is C[C@@H]1[C@H](CN2CCN(c3ncccn3)CC2)O[C@H](c2cccc(NC(=O)CCCC(=O)O)c2)O[C@@H]1c1ccc(CO)cc1. The van der Waals surface area contributed by atoms with Crippen molar-refractivity contribution in [3.8, 4) is 0 Å². The minimum absolute atomic E-state index is 0.0233. The van der Waals surface area contributed by atoms with Gasteiger partial charge in [0.25, 0.3) is 0 Å². The molecule has 0 bridgehead atoms. The Labute approximate surface area is 251 Å². The van der Waals surface area contributed by atoms with E-state index in [4.69, 9.17) is 14.6 Å². The minimum atomic E-state index is -0.919. The predicted octanol–water partition coefficient (Wildman–Crippen LogP) is 3.78. The smallest absolute Gasteiger partial charge is 0.303 e. The number of anilines is 2. The summed E-state index contributed by atoms with van der Waals surface area (Å²) in [6, 6.07) is 17.0. The molecule has 4 atom stereocenters.